The molecule has 14 heavy (non-hydrogen) atoms. The zero-order chi connectivity index (χ0) is 9.80. The minimum Gasteiger partial charge on any atom is -0.491 e. The molecule has 0 spiro atoms. The number of alkyl halides is 1. The van der Waals surface area contributed by atoms with Crippen molar-refractivity contribution in [2.24, 2.45) is 0 Å². The van der Waals surface area contributed by atoms with E-state index < -0.39 is 6.17 Å². The Balaban J connectivity index is 1.78. The van der Waals surface area contributed by atoms with E-state index in [9.17, 15) is 4.39 Å². The number of benzene rings is 1. The highest BCUT2D eigenvalue weighted by Crippen LogP contribution is 2.17. The van der Waals surface area contributed by atoms with Crippen LogP contribution in [0.5, 0.6) is 5.75 Å². The van der Waals surface area contributed by atoms with Gasteiger partial charge in [0.05, 0.1) is 12.7 Å². The third kappa shape index (κ3) is 2.45. The Bertz CT molecular complexity index is 276. The molecule has 1 fully saturated rings. The smallest absolute Gasteiger partial charge is 0.126 e. The summed E-state index contributed by atoms with van der Waals surface area (Å²) in [6, 6.07) is 9.49. The second-order valence-electron chi connectivity index (χ2n) is 3.41. The van der Waals surface area contributed by atoms with Crippen molar-refractivity contribution < 1.29 is 13.9 Å². The van der Waals surface area contributed by atoms with E-state index >= 15 is 0 Å². The minimum absolute atomic E-state index is 0.0924. The van der Waals surface area contributed by atoms with Crippen LogP contribution < -0.4 is 4.74 Å². The third-order valence-corrected chi connectivity index (χ3v) is 2.21. The van der Waals surface area contributed by atoms with E-state index in [0.29, 0.717) is 13.0 Å². The number of para-hydroxylation sites is 1. The van der Waals surface area contributed by atoms with E-state index in [1.165, 1.54) is 0 Å². The molecule has 2 rings (SSSR count). The van der Waals surface area contributed by atoms with Gasteiger partial charge in [-0.2, -0.15) is 0 Å². The van der Waals surface area contributed by atoms with Crippen LogP contribution in [0.25, 0.3) is 0 Å². The highest BCUT2D eigenvalue weighted by molar-refractivity contribution is 5.20. The molecule has 0 amide bonds. The lowest BCUT2D eigenvalue weighted by molar-refractivity contribution is 0.0644. The lowest BCUT2D eigenvalue weighted by Gasteiger charge is -2.10. The van der Waals surface area contributed by atoms with E-state index in [0.717, 1.165) is 5.75 Å². The maximum atomic E-state index is 12.7. The van der Waals surface area contributed by atoms with Crippen molar-refractivity contribution in [1.82, 2.24) is 0 Å². The summed E-state index contributed by atoms with van der Waals surface area (Å²) in [5.74, 6) is 0.804. The Hall–Kier alpha value is -1.09. The van der Waals surface area contributed by atoms with Gasteiger partial charge in [-0.15, -0.1) is 0 Å². The molecule has 1 saturated heterocycles. The molecule has 0 bridgehead atoms. The zero-order valence-corrected chi connectivity index (χ0v) is 7.86. The molecule has 1 heterocycles. The molecule has 76 valence electrons. The summed E-state index contributed by atoms with van der Waals surface area (Å²) in [6.45, 7) is 0.646. The fraction of sp³-hybridized carbons (Fsp3) is 0.455. The van der Waals surface area contributed by atoms with Crippen molar-refractivity contribution in [3.05, 3.63) is 30.3 Å². The van der Waals surface area contributed by atoms with Crippen LogP contribution in [0.3, 0.4) is 0 Å². The van der Waals surface area contributed by atoms with Crippen molar-refractivity contribution in [2.45, 2.75) is 18.7 Å². The van der Waals surface area contributed by atoms with Gasteiger partial charge in [0, 0.05) is 6.42 Å². The molecular formula is C11H13FO2. The standard InChI is InChI=1S/C11H13FO2/c12-9-6-11(13-7-9)8-14-10-4-2-1-3-5-10/h1-5,9,11H,6-8H2. The molecule has 0 aliphatic carbocycles. The van der Waals surface area contributed by atoms with Gasteiger partial charge in [-0.25, -0.2) is 4.39 Å². The average Bonchev–Trinajstić information content (AvgIpc) is 2.63. The highest BCUT2D eigenvalue weighted by atomic mass is 19.1. The quantitative estimate of drug-likeness (QED) is 0.737. The summed E-state index contributed by atoms with van der Waals surface area (Å²) in [5.41, 5.74) is 0. The van der Waals surface area contributed by atoms with E-state index in [1.54, 1.807) is 0 Å². The van der Waals surface area contributed by atoms with Gasteiger partial charge < -0.3 is 9.47 Å². The van der Waals surface area contributed by atoms with Crippen LogP contribution in [-0.4, -0.2) is 25.5 Å². The van der Waals surface area contributed by atoms with Crippen LogP contribution in [0.15, 0.2) is 30.3 Å². The fourth-order valence-corrected chi connectivity index (χ4v) is 1.48. The van der Waals surface area contributed by atoms with Crippen LogP contribution in [0, 0.1) is 0 Å². The molecule has 1 aromatic rings. The largest absolute Gasteiger partial charge is 0.491 e. The number of rotatable bonds is 3. The third-order valence-electron chi connectivity index (χ3n) is 2.21. The highest BCUT2D eigenvalue weighted by Gasteiger charge is 2.25. The Morgan fingerprint density at radius 1 is 1.36 bits per heavy atom. The van der Waals surface area contributed by atoms with Crippen molar-refractivity contribution in [3.63, 3.8) is 0 Å². The Kier molecular flexibility index (Phi) is 2.99. The van der Waals surface area contributed by atoms with Crippen molar-refractivity contribution in [2.75, 3.05) is 13.2 Å². The van der Waals surface area contributed by atoms with E-state index in [1.807, 2.05) is 30.3 Å². The number of ether oxygens (including phenoxy) is 2. The van der Waals surface area contributed by atoms with Gasteiger partial charge in [0.25, 0.3) is 0 Å². The molecule has 1 aliphatic heterocycles. The van der Waals surface area contributed by atoms with Gasteiger partial charge >= 0.3 is 0 Å². The van der Waals surface area contributed by atoms with Gasteiger partial charge in [0.1, 0.15) is 18.5 Å². The van der Waals surface area contributed by atoms with Crippen molar-refractivity contribution >= 4 is 0 Å². The summed E-state index contributed by atoms with van der Waals surface area (Å²) < 4.78 is 23.4. The predicted molar refractivity (Wildman–Crippen MR) is 51.2 cm³/mol. The van der Waals surface area contributed by atoms with Crippen LogP contribution in [0.4, 0.5) is 4.39 Å². The second-order valence-corrected chi connectivity index (χ2v) is 3.41. The summed E-state index contributed by atoms with van der Waals surface area (Å²) >= 11 is 0. The molecular weight excluding hydrogens is 183 g/mol. The Labute approximate surface area is 82.6 Å². The van der Waals surface area contributed by atoms with Crippen LogP contribution in [0.1, 0.15) is 6.42 Å². The van der Waals surface area contributed by atoms with E-state index in [-0.39, 0.29) is 12.7 Å². The van der Waals surface area contributed by atoms with Crippen LogP contribution >= 0.6 is 0 Å². The molecule has 0 saturated carbocycles. The molecule has 0 N–H and O–H groups in total. The first kappa shape index (κ1) is 9.46. The number of halogens is 1. The van der Waals surface area contributed by atoms with Crippen molar-refractivity contribution in [1.29, 1.82) is 0 Å². The molecule has 2 atom stereocenters. The first-order valence-electron chi connectivity index (χ1n) is 4.78. The predicted octanol–water partition coefficient (Wildman–Crippen LogP) is 2.19. The van der Waals surface area contributed by atoms with E-state index in [4.69, 9.17) is 9.47 Å². The first-order chi connectivity index (χ1) is 6.84. The fourth-order valence-electron chi connectivity index (χ4n) is 1.48. The Morgan fingerprint density at radius 3 is 2.79 bits per heavy atom. The lowest BCUT2D eigenvalue weighted by Crippen LogP contribution is -2.16. The van der Waals surface area contributed by atoms with E-state index in [2.05, 4.69) is 0 Å². The van der Waals surface area contributed by atoms with Gasteiger partial charge in [-0.05, 0) is 12.1 Å². The maximum Gasteiger partial charge on any atom is 0.126 e. The molecule has 1 aromatic carbocycles. The minimum atomic E-state index is -0.820. The van der Waals surface area contributed by atoms with Crippen molar-refractivity contribution in [3.8, 4) is 5.75 Å². The maximum absolute atomic E-state index is 12.7. The number of hydrogen-bond donors (Lipinski definition) is 0. The van der Waals surface area contributed by atoms with Crippen LogP contribution in [-0.2, 0) is 4.74 Å². The van der Waals surface area contributed by atoms with Gasteiger partial charge in [-0.1, -0.05) is 18.2 Å². The summed E-state index contributed by atoms with van der Waals surface area (Å²) in [5, 5.41) is 0. The number of hydrogen-bond acceptors (Lipinski definition) is 2. The summed E-state index contributed by atoms with van der Waals surface area (Å²) in [7, 11) is 0. The SMILES string of the molecule is FC1COC(COc2ccccc2)C1. The lowest BCUT2D eigenvalue weighted by atomic mass is 10.2. The second kappa shape index (κ2) is 4.42. The van der Waals surface area contributed by atoms with Crippen LogP contribution in [0.2, 0.25) is 0 Å². The first-order valence-corrected chi connectivity index (χ1v) is 4.78. The average molecular weight is 196 g/mol. The molecule has 3 heteroatoms. The topological polar surface area (TPSA) is 18.5 Å². The molecule has 1 aliphatic rings. The van der Waals surface area contributed by atoms with Gasteiger partial charge in [0.2, 0.25) is 0 Å². The molecule has 2 nitrogen and oxygen atoms in total. The Morgan fingerprint density at radius 2 is 2.14 bits per heavy atom. The van der Waals surface area contributed by atoms with Gasteiger partial charge in [0.15, 0.2) is 0 Å². The summed E-state index contributed by atoms with van der Waals surface area (Å²) in [6.07, 6.45) is -0.461. The molecule has 0 radical (unpaired) electrons. The zero-order valence-electron chi connectivity index (χ0n) is 7.86. The van der Waals surface area contributed by atoms with Gasteiger partial charge in [-0.3, -0.25) is 0 Å². The summed E-state index contributed by atoms with van der Waals surface area (Å²) in [4.78, 5) is 0. The molecule has 2 unspecified atom stereocenters. The normalized spacial score (nSPS) is 26.4. The monoisotopic (exact) mass is 196 g/mol. The molecule has 0 aromatic heterocycles.